The van der Waals surface area contributed by atoms with Crippen LogP contribution < -0.4 is 0 Å². The van der Waals surface area contributed by atoms with Gasteiger partial charge in [0.2, 0.25) is 0 Å². The highest BCUT2D eigenvalue weighted by Crippen LogP contribution is 2.14. The van der Waals surface area contributed by atoms with Gasteiger partial charge in [0, 0.05) is 58.6 Å². The van der Waals surface area contributed by atoms with E-state index in [1.54, 1.807) is 0 Å². The maximum Gasteiger partial charge on any atom is 0.0406 e. The molecule has 2 aromatic rings. The molecular formula is C28H36Cl2N4. The van der Waals surface area contributed by atoms with Crippen LogP contribution in [-0.2, 0) is 12.8 Å². The van der Waals surface area contributed by atoms with Gasteiger partial charge in [-0.3, -0.25) is 0 Å². The number of halogens is 2. The van der Waals surface area contributed by atoms with Gasteiger partial charge in [0.1, 0.15) is 0 Å². The normalized spacial score (nSPS) is 10.8. The fraction of sp³-hybridized carbons (Fsp3) is 0.429. The van der Waals surface area contributed by atoms with Gasteiger partial charge in [0.05, 0.1) is 0 Å². The van der Waals surface area contributed by atoms with E-state index < -0.39 is 0 Å². The molecule has 0 fully saturated rings. The van der Waals surface area contributed by atoms with E-state index in [2.05, 4.69) is 0 Å². The average molecular weight is 500 g/mol. The van der Waals surface area contributed by atoms with Crippen LogP contribution in [0.15, 0.2) is 48.5 Å². The molecular weight excluding hydrogens is 463 g/mol. The third-order valence-electron chi connectivity index (χ3n) is 5.72. The molecule has 34 heavy (non-hydrogen) atoms. The molecule has 0 radical (unpaired) electrons. The smallest absolute Gasteiger partial charge is 0.0406 e. The van der Waals surface area contributed by atoms with Gasteiger partial charge in [-0.25, -0.2) is 0 Å². The Morgan fingerprint density at radius 1 is 0.471 bits per heavy atom. The largest absolute Gasteiger partial charge is 0.309 e. The first-order chi connectivity index (χ1) is 16.3. The van der Waals surface area contributed by atoms with Crippen LogP contribution in [-0.4, -0.2) is 22.8 Å². The van der Waals surface area contributed by atoms with Crippen LogP contribution >= 0.6 is 23.2 Å². The second kappa shape index (κ2) is 15.6. The molecule has 4 N–H and O–H groups in total. The minimum atomic E-state index is 0.456. The molecule has 0 aliphatic rings. The number of hydrogen-bond donors (Lipinski definition) is 4. The number of benzene rings is 2. The van der Waals surface area contributed by atoms with Gasteiger partial charge in [0.15, 0.2) is 0 Å². The first-order valence-electron chi connectivity index (χ1n) is 12.1. The molecule has 0 amide bonds. The molecule has 0 saturated carbocycles. The van der Waals surface area contributed by atoms with Gasteiger partial charge in [-0.2, -0.15) is 0 Å². The van der Waals surface area contributed by atoms with Crippen LogP contribution in [0.2, 0.25) is 10.0 Å². The number of unbranched alkanes of at least 4 members (excludes halogenated alkanes) is 5. The van der Waals surface area contributed by atoms with E-state index in [1.165, 1.54) is 0 Å². The van der Waals surface area contributed by atoms with Crippen molar-refractivity contribution in [3.05, 3.63) is 69.7 Å². The second-order valence-corrected chi connectivity index (χ2v) is 9.87. The molecule has 0 spiro atoms. The van der Waals surface area contributed by atoms with Gasteiger partial charge >= 0.3 is 0 Å². The van der Waals surface area contributed by atoms with Crippen molar-refractivity contribution >= 4 is 46.0 Å². The first kappa shape index (κ1) is 27.9. The van der Waals surface area contributed by atoms with Gasteiger partial charge in [-0.15, -0.1) is 0 Å². The molecule has 0 aliphatic heterocycles. The zero-order valence-electron chi connectivity index (χ0n) is 19.9. The summed E-state index contributed by atoms with van der Waals surface area (Å²) in [4.78, 5) is 0. The number of hydrogen-bond acceptors (Lipinski definition) is 4. The molecule has 6 heteroatoms. The summed E-state index contributed by atoms with van der Waals surface area (Å²) in [6.45, 7) is 0. The van der Waals surface area contributed by atoms with E-state index >= 15 is 0 Å². The molecule has 4 nitrogen and oxygen atoms in total. The highest BCUT2D eigenvalue weighted by molar-refractivity contribution is 6.30. The minimum absolute atomic E-state index is 0.456. The fourth-order valence-corrected chi connectivity index (χ4v) is 4.15. The Kier molecular flexibility index (Phi) is 12.8. The Morgan fingerprint density at radius 2 is 0.794 bits per heavy atom. The Labute approximate surface area is 214 Å². The third kappa shape index (κ3) is 12.2. The molecule has 0 saturated heterocycles. The maximum absolute atomic E-state index is 8.14. The molecule has 2 rings (SSSR count). The van der Waals surface area contributed by atoms with E-state index in [9.17, 15) is 0 Å². The second-order valence-electron chi connectivity index (χ2n) is 9.00. The van der Waals surface area contributed by atoms with Crippen LogP contribution in [0.4, 0.5) is 0 Å². The molecule has 0 unspecified atom stereocenters. The van der Waals surface area contributed by atoms with Gasteiger partial charge in [-0.1, -0.05) is 73.2 Å². The van der Waals surface area contributed by atoms with Crippen molar-refractivity contribution in [1.82, 2.24) is 0 Å². The SMILES string of the molecule is N=C(CCCCCCCCC(=N)CC(=N)Cc1ccc(Cl)cc1)CC(=N)Cc1ccc(Cl)cc1. The number of rotatable bonds is 17. The van der Waals surface area contributed by atoms with Gasteiger partial charge in [-0.05, 0) is 61.1 Å². The predicted octanol–water partition coefficient (Wildman–Crippen LogP) is 8.76. The molecule has 0 aromatic heterocycles. The quantitative estimate of drug-likeness (QED) is 0.124. The highest BCUT2D eigenvalue weighted by Gasteiger charge is 2.06. The van der Waals surface area contributed by atoms with Crippen molar-refractivity contribution in [2.45, 2.75) is 77.0 Å². The molecule has 2 aromatic carbocycles. The first-order valence-corrected chi connectivity index (χ1v) is 12.8. The van der Waals surface area contributed by atoms with Crippen molar-refractivity contribution in [3.63, 3.8) is 0 Å². The van der Waals surface area contributed by atoms with E-state index in [1.807, 2.05) is 48.5 Å². The van der Waals surface area contributed by atoms with Crippen molar-refractivity contribution in [3.8, 4) is 0 Å². The van der Waals surface area contributed by atoms with Crippen molar-refractivity contribution in [2.24, 2.45) is 0 Å². The molecule has 0 bridgehead atoms. The third-order valence-corrected chi connectivity index (χ3v) is 6.23. The lowest BCUT2D eigenvalue weighted by molar-refractivity contribution is 0.605. The lowest BCUT2D eigenvalue weighted by Gasteiger charge is -2.08. The van der Waals surface area contributed by atoms with Crippen molar-refractivity contribution in [2.75, 3.05) is 0 Å². The van der Waals surface area contributed by atoms with E-state index in [0.717, 1.165) is 62.5 Å². The van der Waals surface area contributed by atoms with Gasteiger partial charge < -0.3 is 21.6 Å². The Balaban J connectivity index is 1.45. The van der Waals surface area contributed by atoms with Crippen LogP contribution in [0.3, 0.4) is 0 Å². The van der Waals surface area contributed by atoms with Crippen LogP contribution in [0.5, 0.6) is 0 Å². The zero-order chi connectivity index (χ0) is 24.8. The maximum atomic E-state index is 8.14. The Hall–Kier alpha value is -2.30. The average Bonchev–Trinajstić information content (AvgIpc) is 2.78. The Morgan fingerprint density at radius 3 is 1.15 bits per heavy atom. The lowest BCUT2D eigenvalue weighted by Crippen LogP contribution is -2.09. The number of nitrogens with one attached hydrogen (secondary N) is 4. The molecule has 182 valence electrons. The highest BCUT2D eigenvalue weighted by atomic mass is 35.5. The van der Waals surface area contributed by atoms with E-state index in [0.29, 0.717) is 58.6 Å². The van der Waals surface area contributed by atoms with Crippen molar-refractivity contribution < 1.29 is 0 Å². The Bertz CT molecular complexity index is 870. The summed E-state index contributed by atoms with van der Waals surface area (Å²) in [5, 5.41) is 33.9. The van der Waals surface area contributed by atoms with Crippen LogP contribution in [0, 0.1) is 21.6 Å². The molecule has 0 aliphatic carbocycles. The standard InChI is InChI=1S/C28H36Cl2N4/c29-23-13-9-21(10-14-23)17-27(33)19-25(31)7-5-3-1-2-4-6-8-26(32)20-28(34)18-22-11-15-24(30)16-12-22/h9-16,31-34H,1-8,17-20H2. The molecule has 0 atom stereocenters. The fourth-order valence-electron chi connectivity index (χ4n) is 3.90. The van der Waals surface area contributed by atoms with Crippen molar-refractivity contribution in [1.29, 1.82) is 21.6 Å². The summed E-state index contributed by atoms with van der Waals surface area (Å²) in [7, 11) is 0. The summed E-state index contributed by atoms with van der Waals surface area (Å²) in [5.74, 6) is 0. The summed E-state index contributed by atoms with van der Waals surface area (Å²) in [6, 6.07) is 15.1. The summed E-state index contributed by atoms with van der Waals surface area (Å²) < 4.78 is 0. The van der Waals surface area contributed by atoms with E-state index in [4.69, 9.17) is 44.8 Å². The van der Waals surface area contributed by atoms with Gasteiger partial charge in [0.25, 0.3) is 0 Å². The van der Waals surface area contributed by atoms with Crippen LogP contribution in [0.1, 0.15) is 75.3 Å². The molecule has 0 heterocycles. The zero-order valence-corrected chi connectivity index (χ0v) is 21.4. The summed E-state index contributed by atoms with van der Waals surface area (Å²) in [6.07, 6.45) is 10.1. The monoisotopic (exact) mass is 498 g/mol. The summed E-state index contributed by atoms with van der Waals surface area (Å²) >= 11 is 11.8. The van der Waals surface area contributed by atoms with E-state index in [-0.39, 0.29) is 0 Å². The lowest BCUT2D eigenvalue weighted by atomic mass is 9.99. The summed E-state index contributed by atoms with van der Waals surface area (Å²) in [5.41, 5.74) is 4.58. The van der Waals surface area contributed by atoms with Crippen LogP contribution in [0.25, 0.3) is 0 Å². The topological polar surface area (TPSA) is 95.4 Å². The predicted molar refractivity (Wildman–Crippen MR) is 147 cm³/mol. The minimum Gasteiger partial charge on any atom is -0.309 e.